The summed E-state index contributed by atoms with van der Waals surface area (Å²) in [4.78, 5) is 17.0. The Morgan fingerprint density at radius 2 is 1.90 bits per heavy atom. The van der Waals surface area contributed by atoms with E-state index < -0.39 is 0 Å². The molecule has 2 fully saturated rings. The molecule has 3 aromatic rings. The van der Waals surface area contributed by atoms with Gasteiger partial charge < -0.3 is 10.6 Å². The highest BCUT2D eigenvalue weighted by molar-refractivity contribution is 5.95. The van der Waals surface area contributed by atoms with Crippen LogP contribution in [0.1, 0.15) is 58.3 Å². The van der Waals surface area contributed by atoms with E-state index in [9.17, 15) is 4.79 Å². The van der Waals surface area contributed by atoms with E-state index in [4.69, 9.17) is 0 Å². The monoisotopic (exact) mass is 409 g/mol. The number of aromatic nitrogens is 1. The number of benzene rings is 2. The smallest absolute Gasteiger partial charge is 0.251 e. The Morgan fingerprint density at radius 1 is 1.03 bits per heavy atom. The minimum atomic E-state index is -0.0171. The maximum atomic E-state index is 12.9. The van der Waals surface area contributed by atoms with Crippen LogP contribution in [0.3, 0.4) is 0 Å². The molecule has 2 bridgehead atoms. The van der Waals surface area contributed by atoms with Crippen LogP contribution in [-0.4, -0.2) is 10.9 Å². The number of rotatable bonds is 4. The lowest BCUT2D eigenvalue weighted by molar-refractivity contribution is 0.0950. The number of hydrogen-bond acceptors (Lipinski definition) is 3. The predicted molar refractivity (Wildman–Crippen MR) is 122 cm³/mol. The van der Waals surface area contributed by atoms with Gasteiger partial charge in [-0.05, 0) is 83.9 Å². The van der Waals surface area contributed by atoms with Crippen LogP contribution >= 0.6 is 0 Å². The van der Waals surface area contributed by atoms with E-state index in [1.165, 1.54) is 36.1 Å². The summed E-state index contributed by atoms with van der Waals surface area (Å²) in [5.74, 6) is 2.67. The highest BCUT2D eigenvalue weighted by atomic mass is 16.1. The van der Waals surface area contributed by atoms with Gasteiger partial charge in [-0.1, -0.05) is 36.4 Å². The first-order chi connectivity index (χ1) is 15.3. The summed E-state index contributed by atoms with van der Waals surface area (Å²) >= 11 is 0. The number of fused-ring (bicyclic) bond motifs is 7. The highest BCUT2D eigenvalue weighted by Crippen LogP contribution is 2.63. The molecule has 0 radical (unpaired) electrons. The summed E-state index contributed by atoms with van der Waals surface area (Å²) in [5, 5.41) is 6.90. The van der Waals surface area contributed by atoms with Crippen molar-refractivity contribution in [1.82, 2.24) is 10.3 Å². The summed E-state index contributed by atoms with van der Waals surface area (Å²) in [6, 6.07) is 21.4. The van der Waals surface area contributed by atoms with Crippen LogP contribution in [0.25, 0.3) is 0 Å². The van der Waals surface area contributed by atoms with Crippen LogP contribution in [0, 0.1) is 17.8 Å². The average Bonchev–Trinajstić information content (AvgIpc) is 3.46. The number of amides is 1. The molecule has 6 rings (SSSR count). The zero-order chi connectivity index (χ0) is 20.8. The van der Waals surface area contributed by atoms with Crippen LogP contribution in [0.4, 0.5) is 5.69 Å². The second kappa shape index (κ2) is 7.52. The minimum absolute atomic E-state index is 0.0171. The summed E-state index contributed by atoms with van der Waals surface area (Å²) in [5.41, 5.74) is 5.69. The average molecular weight is 410 g/mol. The second-order valence-corrected chi connectivity index (χ2v) is 9.32. The highest BCUT2D eigenvalue weighted by Gasteiger charge is 2.53. The molecule has 1 amide bonds. The molecule has 1 aliphatic heterocycles. The zero-order valence-electron chi connectivity index (χ0n) is 17.5. The molecule has 4 nitrogen and oxygen atoms in total. The number of nitrogens with zero attached hydrogens (tertiary/aromatic N) is 1. The van der Waals surface area contributed by atoms with Gasteiger partial charge in [0, 0.05) is 30.2 Å². The van der Waals surface area contributed by atoms with Gasteiger partial charge in [0.05, 0.1) is 6.04 Å². The van der Waals surface area contributed by atoms with E-state index in [1.807, 2.05) is 18.2 Å². The molecule has 5 atom stereocenters. The minimum Gasteiger partial charge on any atom is -0.378 e. The molecule has 4 heteroatoms. The molecule has 156 valence electrons. The molecule has 1 aromatic heterocycles. The summed E-state index contributed by atoms with van der Waals surface area (Å²) in [6.07, 6.45) is 7.54. The Hall–Kier alpha value is -3.14. The van der Waals surface area contributed by atoms with Gasteiger partial charge >= 0.3 is 0 Å². The Labute approximate surface area is 183 Å². The van der Waals surface area contributed by atoms with Crippen molar-refractivity contribution in [2.75, 3.05) is 5.32 Å². The first kappa shape index (κ1) is 18.6. The molecule has 2 N–H and O–H groups in total. The van der Waals surface area contributed by atoms with E-state index >= 15 is 0 Å². The third kappa shape index (κ3) is 3.21. The molecule has 3 aliphatic rings. The quantitative estimate of drug-likeness (QED) is 0.614. The van der Waals surface area contributed by atoms with Crippen molar-refractivity contribution in [3.8, 4) is 0 Å². The lowest BCUT2D eigenvalue weighted by atomic mass is 9.68. The molecular formula is C27H27N3O. The van der Waals surface area contributed by atoms with Crippen LogP contribution in [0.15, 0.2) is 73.1 Å². The van der Waals surface area contributed by atoms with E-state index in [0.717, 1.165) is 23.0 Å². The first-order valence-corrected chi connectivity index (χ1v) is 11.4. The number of nitrogens with one attached hydrogen (secondary N) is 2. The Kier molecular flexibility index (Phi) is 4.52. The van der Waals surface area contributed by atoms with Crippen molar-refractivity contribution in [3.63, 3.8) is 0 Å². The lowest BCUT2D eigenvalue weighted by Crippen LogP contribution is -2.35. The van der Waals surface area contributed by atoms with Crippen molar-refractivity contribution in [3.05, 3.63) is 95.3 Å². The Bertz CT molecular complexity index is 1100. The largest absolute Gasteiger partial charge is 0.378 e. The van der Waals surface area contributed by atoms with Crippen LogP contribution in [0.5, 0.6) is 0 Å². The third-order valence-electron chi connectivity index (χ3n) is 7.68. The van der Waals surface area contributed by atoms with Crippen molar-refractivity contribution >= 4 is 11.6 Å². The Morgan fingerprint density at radius 3 is 2.74 bits per heavy atom. The van der Waals surface area contributed by atoms with E-state index in [2.05, 4.69) is 58.1 Å². The molecule has 2 saturated carbocycles. The van der Waals surface area contributed by atoms with Gasteiger partial charge in [-0.2, -0.15) is 0 Å². The predicted octanol–water partition coefficient (Wildman–Crippen LogP) is 5.31. The van der Waals surface area contributed by atoms with E-state index in [0.29, 0.717) is 24.4 Å². The lowest BCUT2D eigenvalue weighted by Gasteiger charge is -2.43. The molecular weight excluding hydrogens is 382 g/mol. The second-order valence-electron chi connectivity index (χ2n) is 9.32. The molecule has 0 saturated heterocycles. The van der Waals surface area contributed by atoms with Crippen molar-refractivity contribution < 1.29 is 4.79 Å². The summed E-state index contributed by atoms with van der Waals surface area (Å²) < 4.78 is 0. The number of carbonyl (C=O) groups excluding carboxylic acids is 1. The van der Waals surface area contributed by atoms with Crippen molar-refractivity contribution in [1.29, 1.82) is 0 Å². The summed E-state index contributed by atoms with van der Waals surface area (Å²) in [6.45, 7) is 0.495. The molecule has 31 heavy (non-hydrogen) atoms. The molecule has 2 heterocycles. The number of hydrogen-bond donors (Lipinski definition) is 2. The van der Waals surface area contributed by atoms with Crippen LogP contribution in [-0.2, 0) is 6.54 Å². The van der Waals surface area contributed by atoms with Gasteiger partial charge in [0.15, 0.2) is 0 Å². The molecule has 0 unspecified atom stereocenters. The van der Waals surface area contributed by atoms with Gasteiger partial charge in [0.25, 0.3) is 5.91 Å². The molecule has 2 aliphatic carbocycles. The van der Waals surface area contributed by atoms with Crippen LogP contribution in [0.2, 0.25) is 0 Å². The number of anilines is 1. The first-order valence-electron chi connectivity index (χ1n) is 11.4. The third-order valence-corrected chi connectivity index (χ3v) is 7.68. The van der Waals surface area contributed by atoms with Gasteiger partial charge in [-0.25, -0.2) is 0 Å². The van der Waals surface area contributed by atoms with Crippen LogP contribution < -0.4 is 10.6 Å². The fourth-order valence-corrected chi connectivity index (χ4v) is 6.40. The standard InChI is InChI=1S/C27H27N3O/c31-27(29-16-17-5-4-12-28-15-17)21-10-11-23-22(14-21)24-19-8-9-20(13-19)25(24)26(30-23)18-6-2-1-3-7-18/h1-7,10-12,14-15,19-20,24-26,30H,8-9,13,16H2,(H,29,31)/t19-,20+,24+,25+,26+/m0/s1. The normalized spacial score (nSPS) is 27.8. The molecule has 0 spiro atoms. The van der Waals surface area contributed by atoms with E-state index in [1.54, 1.807) is 12.4 Å². The Balaban J connectivity index is 1.30. The maximum absolute atomic E-state index is 12.9. The van der Waals surface area contributed by atoms with Gasteiger partial charge in [-0.15, -0.1) is 0 Å². The van der Waals surface area contributed by atoms with Gasteiger partial charge in [0.1, 0.15) is 0 Å². The molecule has 2 aromatic carbocycles. The number of carbonyl (C=O) groups is 1. The number of pyridine rings is 1. The summed E-state index contributed by atoms with van der Waals surface area (Å²) in [7, 11) is 0. The fourth-order valence-electron chi connectivity index (χ4n) is 6.40. The fraction of sp³-hybridized carbons (Fsp3) is 0.333. The maximum Gasteiger partial charge on any atom is 0.251 e. The zero-order valence-corrected chi connectivity index (χ0v) is 17.5. The van der Waals surface area contributed by atoms with Gasteiger partial charge in [-0.3, -0.25) is 9.78 Å². The topological polar surface area (TPSA) is 54.0 Å². The van der Waals surface area contributed by atoms with Crippen molar-refractivity contribution in [2.45, 2.75) is 37.8 Å². The van der Waals surface area contributed by atoms with E-state index in [-0.39, 0.29) is 5.91 Å². The SMILES string of the molecule is O=C(NCc1cccnc1)c1ccc2c(c1)[C@H]1[C@H]3CC[C@H](C3)[C@H]1[C@@H](c1ccccc1)N2. The van der Waals surface area contributed by atoms with Gasteiger partial charge in [0.2, 0.25) is 0 Å². The van der Waals surface area contributed by atoms with Crippen molar-refractivity contribution in [2.24, 2.45) is 17.8 Å².